The van der Waals surface area contributed by atoms with E-state index in [-0.39, 0.29) is 17.9 Å². The Morgan fingerprint density at radius 3 is 2.55 bits per heavy atom. The maximum absolute atomic E-state index is 12.7. The molecule has 7 heteroatoms. The van der Waals surface area contributed by atoms with Crippen molar-refractivity contribution in [1.29, 1.82) is 0 Å². The number of benzene rings is 2. The summed E-state index contributed by atoms with van der Waals surface area (Å²) in [7, 11) is -4.00. The quantitative estimate of drug-likeness (QED) is 0.838. The zero-order valence-corrected chi connectivity index (χ0v) is 12.4. The van der Waals surface area contributed by atoms with E-state index in [9.17, 15) is 23.4 Å². The number of rotatable bonds is 3. The highest BCUT2D eigenvalue weighted by atomic mass is 32.2. The molecule has 0 spiro atoms. The summed E-state index contributed by atoms with van der Waals surface area (Å²) in [5.41, 5.74) is 0. The first-order valence-corrected chi connectivity index (χ1v) is 8.23. The zero-order chi connectivity index (χ0) is 15.9. The summed E-state index contributed by atoms with van der Waals surface area (Å²) in [6, 6.07) is 10.5. The molecular formula is C15H14NO5S-. The molecule has 0 saturated carbocycles. The summed E-state index contributed by atoms with van der Waals surface area (Å²) in [4.78, 5) is 11.1. The van der Waals surface area contributed by atoms with Gasteiger partial charge in [0.15, 0.2) is 0 Å². The van der Waals surface area contributed by atoms with Crippen molar-refractivity contribution in [3.63, 3.8) is 0 Å². The standard InChI is InChI=1S/C15H15NO5S/c17-12-8-14(15(18)19)16(9-12)22(20,21)13-6-5-10-3-1-2-4-11(10)7-13/h1-7,12,14,17H,8-9H2,(H,18,19)/p-1/t12-,14+/m0/s1. The van der Waals surface area contributed by atoms with Crippen LogP contribution in [0.15, 0.2) is 47.4 Å². The van der Waals surface area contributed by atoms with E-state index in [1.54, 1.807) is 18.2 Å². The van der Waals surface area contributed by atoms with E-state index in [2.05, 4.69) is 0 Å². The van der Waals surface area contributed by atoms with E-state index in [1.165, 1.54) is 12.1 Å². The van der Waals surface area contributed by atoms with Crippen molar-refractivity contribution in [2.45, 2.75) is 23.5 Å². The molecule has 1 fully saturated rings. The molecule has 0 bridgehead atoms. The Morgan fingerprint density at radius 1 is 1.18 bits per heavy atom. The highest BCUT2D eigenvalue weighted by Gasteiger charge is 2.40. The normalized spacial score (nSPS) is 23.0. The summed E-state index contributed by atoms with van der Waals surface area (Å²) in [6.45, 7) is -0.242. The number of carbonyl (C=O) groups is 1. The van der Waals surface area contributed by atoms with Crippen LogP contribution >= 0.6 is 0 Å². The third-order valence-corrected chi connectivity index (χ3v) is 5.70. The predicted octanol–water partition coefficient (Wildman–Crippen LogP) is -0.286. The van der Waals surface area contributed by atoms with Crippen LogP contribution in [0.1, 0.15) is 6.42 Å². The van der Waals surface area contributed by atoms with Gasteiger partial charge in [-0.15, -0.1) is 0 Å². The molecule has 116 valence electrons. The molecule has 2 aromatic carbocycles. The minimum atomic E-state index is -4.00. The van der Waals surface area contributed by atoms with Crippen LogP contribution in [0, 0.1) is 0 Å². The Bertz CT molecular complexity index is 833. The molecule has 1 heterocycles. The van der Waals surface area contributed by atoms with Gasteiger partial charge < -0.3 is 15.0 Å². The Balaban J connectivity index is 2.05. The molecule has 1 aliphatic heterocycles. The van der Waals surface area contributed by atoms with Crippen LogP contribution in [0.3, 0.4) is 0 Å². The minimum absolute atomic E-state index is 0.00606. The second-order valence-electron chi connectivity index (χ2n) is 5.31. The molecule has 2 atom stereocenters. The van der Waals surface area contributed by atoms with Gasteiger partial charge in [-0.3, -0.25) is 0 Å². The number of β-amino-alcohol motifs (C(OH)–C–C–N with tert-alkyl or cyclic N) is 1. The van der Waals surface area contributed by atoms with Gasteiger partial charge in [0.25, 0.3) is 0 Å². The molecule has 2 aromatic rings. The van der Waals surface area contributed by atoms with Gasteiger partial charge >= 0.3 is 0 Å². The lowest BCUT2D eigenvalue weighted by Gasteiger charge is -2.24. The fraction of sp³-hybridized carbons (Fsp3) is 0.267. The molecule has 0 aliphatic carbocycles. The van der Waals surface area contributed by atoms with E-state index in [4.69, 9.17) is 0 Å². The first kappa shape index (κ1) is 15.0. The molecule has 1 N–H and O–H groups in total. The van der Waals surface area contributed by atoms with Gasteiger partial charge in [0.05, 0.1) is 23.0 Å². The molecule has 0 radical (unpaired) electrons. The summed E-state index contributed by atoms with van der Waals surface area (Å²) in [5.74, 6) is -1.50. The molecule has 0 aromatic heterocycles. The number of hydrogen-bond donors (Lipinski definition) is 1. The zero-order valence-electron chi connectivity index (χ0n) is 11.5. The number of sulfonamides is 1. The van der Waals surface area contributed by atoms with Gasteiger partial charge in [0.1, 0.15) is 0 Å². The number of carboxylic acid groups (broad SMARTS) is 1. The largest absolute Gasteiger partial charge is 0.548 e. The van der Waals surface area contributed by atoms with E-state index in [1.807, 2.05) is 12.1 Å². The first-order chi connectivity index (χ1) is 10.4. The molecule has 6 nitrogen and oxygen atoms in total. The number of nitrogens with zero attached hydrogens (tertiary/aromatic N) is 1. The van der Waals surface area contributed by atoms with Crippen molar-refractivity contribution in [2.24, 2.45) is 0 Å². The van der Waals surface area contributed by atoms with E-state index in [0.29, 0.717) is 0 Å². The molecular weight excluding hydrogens is 306 g/mol. The molecule has 1 saturated heterocycles. The lowest BCUT2D eigenvalue weighted by atomic mass is 10.1. The van der Waals surface area contributed by atoms with Crippen LogP contribution in [0.25, 0.3) is 10.8 Å². The lowest BCUT2D eigenvalue weighted by molar-refractivity contribution is -0.309. The number of carboxylic acids is 1. The van der Waals surface area contributed by atoms with Gasteiger partial charge in [-0.05, 0) is 29.3 Å². The van der Waals surface area contributed by atoms with Gasteiger partial charge in [-0.1, -0.05) is 30.3 Å². The van der Waals surface area contributed by atoms with Crippen molar-refractivity contribution in [1.82, 2.24) is 4.31 Å². The maximum atomic E-state index is 12.7. The van der Waals surface area contributed by atoms with Crippen LogP contribution in [-0.4, -0.2) is 42.5 Å². The van der Waals surface area contributed by atoms with E-state index >= 15 is 0 Å². The van der Waals surface area contributed by atoms with Crippen LogP contribution < -0.4 is 5.11 Å². The molecule has 1 aliphatic rings. The van der Waals surface area contributed by atoms with Gasteiger partial charge in [0, 0.05) is 6.54 Å². The van der Waals surface area contributed by atoms with Gasteiger partial charge in [-0.25, -0.2) is 8.42 Å². The Hall–Kier alpha value is -1.96. The fourth-order valence-electron chi connectivity index (χ4n) is 2.73. The molecule has 0 unspecified atom stereocenters. The average Bonchev–Trinajstić information content (AvgIpc) is 2.90. The predicted molar refractivity (Wildman–Crippen MR) is 77.3 cm³/mol. The van der Waals surface area contributed by atoms with Crippen molar-refractivity contribution in [3.05, 3.63) is 42.5 Å². The van der Waals surface area contributed by atoms with Crippen molar-refractivity contribution < 1.29 is 23.4 Å². The summed E-state index contributed by atoms with van der Waals surface area (Å²) >= 11 is 0. The van der Waals surface area contributed by atoms with Gasteiger partial charge in [0.2, 0.25) is 10.0 Å². The van der Waals surface area contributed by atoms with Crippen molar-refractivity contribution in [3.8, 4) is 0 Å². The number of carbonyl (C=O) groups excluding carboxylic acids is 1. The third kappa shape index (κ3) is 2.47. The van der Waals surface area contributed by atoms with E-state index < -0.39 is 28.1 Å². The van der Waals surface area contributed by atoms with Crippen LogP contribution in [0.4, 0.5) is 0 Å². The maximum Gasteiger partial charge on any atom is 0.243 e. The summed E-state index contributed by atoms with van der Waals surface area (Å²) in [6.07, 6.45) is -1.16. The highest BCUT2D eigenvalue weighted by Crippen LogP contribution is 2.28. The van der Waals surface area contributed by atoms with Crippen molar-refractivity contribution in [2.75, 3.05) is 6.54 Å². The molecule has 0 amide bonds. The lowest BCUT2D eigenvalue weighted by Crippen LogP contribution is -2.46. The smallest absolute Gasteiger partial charge is 0.243 e. The average molecular weight is 320 g/mol. The Labute approximate surface area is 127 Å². The monoisotopic (exact) mass is 320 g/mol. The Kier molecular flexibility index (Phi) is 3.64. The SMILES string of the molecule is O=C([O-])[C@H]1C[C@H](O)CN1S(=O)(=O)c1ccc2ccccc2c1. The first-order valence-electron chi connectivity index (χ1n) is 6.79. The Morgan fingerprint density at radius 2 is 1.86 bits per heavy atom. The fourth-order valence-corrected chi connectivity index (χ4v) is 4.39. The minimum Gasteiger partial charge on any atom is -0.548 e. The van der Waals surface area contributed by atoms with Crippen LogP contribution in [0.2, 0.25) is 0 Å². The van der Waals surface area contributed by atoms with Crippen LogP contribution in [0.5, 0.6) is 0 Å². The van der Waals surface area contributed by atoms with E-state index in [0.717, 1.165) is 15.1 Å². The second kappa shape index (κ2) is 5.35. The number of aliphatic hydroxyl groups is 1. The summed E-state index contributed by atoms with van der Waals surface area (Å²) in [5, 5.41) is 22.4. The number of aliphatic carboxylic acids is 1. The second-order valence-corrected chi connectivity index (χ2v) is 7.20. The molecule has 22 heavy (non-hydrogen) atoms. The third-order valence-electron chi connectivity index (χ3n) is 3.83. The number of aliphatic hydroxyl groups excluding tert-OH is 1. The van der Waals surface area contributed by atoms with Crippen LogP contribution in [-0.2, 0) is 14.8 Å². The summed E-state index contributed by atoms with van der Waals surface area (Å²) < 4.78 is 26.1. The molecule has 3 rings (SSSR count). The highest BCUT2D eigenvalue weighted by molar-refractivity contribution is 7.89. The number of fused-ring (bicyclic) bond motifs is 1. The topological polar surface area (TPSA) is 97.7 Å². The number of hydrogen-bond acceptors (Lipinski definition) is 5. The van der Waals surface area contributed by atoms with Gasteiger partial charge in [-0.2, -0.15) is 4.31 Å². The van der Waals surface area contributed by atoms with Crippen molar-refractivity contribution >= 4 is 26.8 Å².